The van der Waals surface area contributed by atoms with E-state index in [0.717, 1.165) is 64.0 Å². The first-order valence-corrected chi connectivity index (χ1v) is 11.7. The molecule has 168 valence electrons. The number of guanidine groups is 1. The van der Waals surface area contributed by atoms with Gasteiger partial charge in [0.15, 0.2) is 5.96 Å². The van der Waals surface area contributed by atoms with Crippen LogP contribution in [0.2, 0.25) is 0 Å². The van der Waals surface area contributed by atoms with Gasteiger partial charge in [-0.2, -0.15) is 0 Å². The third-order valence-electron chi connectivity index (χ3n) is 6.97. The van der Waals surface area contributed by atoms with E-state index in [1.165, 1.54) is 44.9 Å². The second kappa shape index (κ2) is 13.0. The highest BCUT2D eigenvalue weighted by Crippen LogP contribution is 2.29. The molecule has 0 aromatic carbocycles. The fourth-order valence-corrected chi connectivity index (χ4v) is 4.83. The largest absolute Gasteiger partial charge is 0.355 e. The smallest absolute Gasteiger partial charge is 0.225 e. The Bertz CT molecular complexity index is 509. The van der Waals surface area contributed by atoms with Crippen LogP contribution in [-0.2, 0) is 4.79 Å². The van der Waals surface area contributed by atoms with Gasteiger partial charge >= 0.3 is 0 Å². The first kappa shape index (κ1) is 24.7. The Morgan fingerprint density at radius 3 is 2.28 bits per heavy atom. The summed E-state index contributed by atoms with van der Waals surface area (Å²) < 4.78 is 0. The second-order valence-electron chi connectivity index (χ2n) is 8.94. The molecule has 0 radical (unpaired) electrons. The van der Waals surface area contributed by atoms with Crippen molar-refractivity contribution in [3.05, 3.63) is 0 Å². The predicted octanol–water partition coefficient (Wildman–Crippen LogP) is 3.07. The summed E-state index contributed by atoms with van der Waals surface area (Å²) in [5.74, 6) is 2.62. The molecule has 6 nitrogen and oxygen atoms in total. The number of hydrogen-bond donors (Lipinski definition) is 2. The molecule has 1 aliphatic heterocycles. The van der Waals surface area contributed by atoms with Crippen molar-refractivity contribution in [1.82, 2.24) is 20.4 Å². The molecule has 2 N–H and O–H groups in total. The van der Waals surface area contributed by atoms with Crippen LogP contribution < -0.4 is 10.6 Å². The lowest BCUT2D eigenvalue weighted by Crippen LogP contribution is -2.53. The second-order valence-corrected chi connectivity index (χ2v) is 8.94. The Hall–Kier alpha value is -0.570. The Morgan fingerprint density at radius 1 is 1.03 bits per heavy atom. The molecule has 29 heavy (non-hydrogen) atoms. The lowest BCUT2D eigenvalue weighted by molar-refractivity contribution is -0.139. The van der Waals surface area contributed by atoms with Gasteiger partial charge in [0, 0.05) is 58.3 Å². The number of hydrogen-bond acceptors (Lipinski definition) is 3. The molecule has 7 heteroatoms. The van der Waals surface area contributed by atoms with Gasteiger partial charge in [0.05, 0.1) is 0 Å². The van der Waals surface area contributed by atoms with Crippen molar-refractivity contribution in [2.75, 3.05) is 46.3 Å². The Balaban J connectivity index is 0.00000300. The van der Waals surface area contributed by atoms with E-state index in [2.05, 4.69) is 32.3 Å². The van der Waals surface area contributed by atoms with Crippen LogP contribution in [0, 0.1) is 11.8 Å². The van der Waals surface area contributed by atoms with E-state index in [9.17, 15) is 4.79 Å². The number of rotatable bonds is 7. The molecule has 0 spiro atoms. The summed E-state index contributed by atoms with van der Waals surface area (Å²) in [6, 6.07) is 0.570. The maximum absolute atomic E-state index is 12.3. The minimum absolute atomic E-state index is 0. The van der Waals surface area contributed by atoms with Gasteiger partial charge in [-0.15, -0.1) is 24.0 Å². The third kappa shape index (κ3) is 7.56. The zero-order valence-electron chi connectivity index (χ0n) is 18.5. The topological polar surface area (TPSA) is 60.0 Å². The molecule has 0 aromatic rings. The summed E-state index contributed by atoms with van der Waals surface area (Å²) in [6.07, 6.45) is 11.4. The maximum Gasteiger partial charge on any atom is 0.225 e. The van der Waals surface area contributed by atoms with Crippen molar-refractivity contribution < 1.29 is 4.79 Å². The van der Waals surface area contributed by atoms with Gasteiger partial charge in [-0.05, 0) is 44.4 Å². The molecule has 0 bridgehead atoms. The van der Waals surface area contributed by atoms with E-state index >= 15 is 0 Å². The summed E-state index contributed by atoms with van der Waals surface area (Å²) in [4.78, 5) is 21.3. The lowest BCUT2D eigenvalue weighted by atomic mass is 9.83. The molecule has 0 unspecified atom stereocenters. The fraction of sp³-hybridized carbons (Fsp3) is 0.909. The van der Waals surface area contributed by atoms with Gasteiger partial charge in [-0.1, -0.05) is 26.2 Å². The van der Waals surface area contributed by atoms with Crippen molar-refractivity contribution in [3.8, 4) is 0 Å². The molecule has 2 aliphatic carbocycles. The van der Waals surface area contributed by atoms with E-state index in [1.54, 1.807) is 0 Å². The average molecular weight is 520 g/mol. The van der Waals surface area contributed by atoms with Crippen LogP contribution in [0.4, 0.5) is 0 Å². The van der Waals surface area contributed by atoms with E-state index in [4.69, 9.17) is 0 Å². The molecular weight excluding hydrogens is 477 g/mol. The number of amides is 1. The molecule has 2 saturated carbocycles. The van der Waals surface area contributed by atoms with Crippen LogP contribution in [0.25, 0.3) is 0 Å². The van der Waals surface area contributed by atoms with Crippen LogP contribution in [0.1, 0.15) is 64.7 Å². The van der Waals surface area contributed by atoms with Crippen LogP contribution in [0.5, 0.6) is 0 Å². The normalized spacial score (nSPS) is 26.4. The predicted molar refractivity (Wildman–Crippen MR) is 131 cm³/mol. The summed E-state index contributed by atoms with van der Waals surface area (Å²) in [6.45, 7) is 7.98. The number of nitrogens with zero attached hydrogens (tertiary/aromatic N) is 3. The van der Waals surface area contributed by atoms with Crippen LogP contribution in [-0.4, -0.2) is 74.0 Å². The lowest BCUT2D eigenvalue weighted by Gasteiger charge is -2.38. The minimum Gasteiger partial charge on any atom is -0.355 e. The van der Waals surface area contributed by atoms with Gasteiger partial charge in [-0.3, -0.25) is 14.7 Å². The Labute approximate surface area is 194 Å². The first-order valence-electron chi connectivity index (χ1n) is 11.7. The van der Waals surface area contributed by atoms with Crippen molar-refractivity contribution in [1.29, 1.82) is 0 Å². The number of piperazine rings is 1. The quantitative estimate of drug-likeness (QED) is 0.309. The molecule has 1 amide bonds. The van der Waals surface area contributed by atoms with Crippen LogP contribution in [0.3, 0.4) is 0 Å². The standard InChI is InChI=1S/C22H41N5O.HI/c1-3-5-18-8-10-20(11-9-18)25-22(23-2)24-12-13-26-14-16-27(17-15-26)21(28)19-6-4-7-19;/h18-20H,3-17H2,1-2H3,(H2,23,24,25);1H. The van der Waals surface area contributed by atoms with Gasteiger partial charge in [0.1, 0.15) is 0 Å². The fourth-order valence-electron chi connectivity index (χ4n) is 4.83. The summed E-state index contributed by atoms with van der Waals surface area (Å²) >= 11 is 0. The zero-order chi connectivity index (χ0) is 19.8. The van der Waals surface area contributed by atoms with Gasteiger partial charge in [0.25, 0.3) is 0 Å². The molecule has 3 rings (SSSR count). The summed E-state index contributed by atoms with van der Waals surface area (Å²) in [7, 11) is 1.86. The monoisotopic (exact) mass is 519 g/mol. The van der Waals surface area contributed by atoms with Crippen molar-refractivity contribution in [3.63, 3.8) is 0 Å². The van der Waals surface area contributed by atoms with Gasteiger partial charge in [0.2, 0.25) is 5.91 Å². The molecule has 3 aliphatic rings. The number of carbonyl (C=O) groups excluding carboxylic acids is 1. The summed E-state index contributed by atoms with van der Waals surface area (Å²) in [5.41, 5.74) is 0. The van der Waals surface area contributed by atoms with Gasteiger partial charge in [-0.25, -0.2) is 0 Å². The summed E-state index contributed by atoms with van der Waals surface area (Å²) in [5, 5.41) is 7.11. The van der Waals surface area contributed by atoms with Crippen LogP contribution >= 0.6 is 24.0 Å². The molecule has 3 fully saturated rings. The molecule has 1 saturated heterocycles. The van der Waals surface area contributed by atoms with E-state index in [0.29, 0.717) is 17.9 Å². The number of halogens is 1. The third-order valence-corrected chi connectivity index (χ3v) is 6.97. The van der Waals surface area contributed by atoms with Crippen molar-refractivity contribution >= 4 is 35.8 Å². The van der Waals surface area contributed by atoms with E-state index < -0.39 is 0 Å². The highest BCUT2D eigenvalue weighted by molar-refractivity contribution is 14.0. The zero-order valence-corrected chi connectivity index (χ0v) is 20.8. The maximum atomic E-state index is 12.3. The Kier molecular flexibility index (Phi) is 11.0. The van der Waals surface area contributed by atoms with Crippen molar-refractivity contribution in [2.24, 2.45) is 16.8 Å². The molecule has 1 heterocycles. The highest BCUT2D eigenvalue weighted by Gasteiger charge is 2.31. The number of carbonyl (C=O) groups is 1. The number of aliphatic imine (C=N–C) groups is 1. The Morgan fingerprint density at radius 2 is 1.72 bits per heavy atom. The molecule has 0 atom stereocenters. The van der Waals surface area contributed by atoms with E-state index in [-0.39, 0.29) is 24.0 Å². The first-order chi connectivity index (χ1) is 13.7. The van der Waals surface area contributed by atoms with Crippen molar-refractivity contribution in [2.45, 2.75) is 70.8 Å². The molecular formula is C22H42IN5O. The van der Waals surface area contributed by atoms with E-state index in [1.807, 2.05) is 7.05 Å². The van der Waals surface area contributed by atoms with Gasteiger partial charge < -0.3 is 15.5 Å². The average Bonchev–Trinajstić information content (AvgIpc) is 2.68. The number of nitrogens with one attached hydrogen (secondary N) is 2. The SMILES string of the molecule is CCCC1CCC(NC(=NC)NCCN2CCN(C(=O)C3CCC3)CC2)CC1.I. The minimum atomic E-state index is 0. The van der Waals surface area contributed by atoms with Crippen LogP contribution in [0.15, 0.2) is 4.99 Å². The highest BCUT2D eigenvalue weighted by atomic mass is 127. The molecule has 0 aromatic heterocycles.